The molecule has 4 heteroatoms. The minimum absolute atomic E-state index is 0.00629. The van der Waals surface area contributed by atoms with Crippen LogP contribution in [0.25, 0.3) is 6.08 Å². The van der Waals surface area contributed by atoms with Crippen molar-refractivity contribution in [1.29, 1.82) is 0 Å². The molecule has 1 amide bonds. The summed E-state index contributed by atoms with van der Waals surface area (Å²) >= 11 is 0. The molecule has 0 saturated carbocycles. The van der Waals surface area contributed by atoms with Gasteiger partial charge in [0.2, 0.25) is 0 Å². The SMILES string of the molecule is C/C=C/c1ccc(OCC(=O)N2CCc3ccccc32)c(OC)c1. The maximum Gasteiger partial charge on any atom is 0.264 e. The lowest BCUT2D eigenvalue weighted by atomic mass is 10.2. The van der Waals surface area contributed by atoms with E-state index in [9.17, 15) is 4.79 Å². The van der Waals surface area contributed by atoms with Gasteiger partial charge in [0.15, 0.2) is 18.1 Å². The Kier molecular flexibility index (Phi) is 4.85. The molecule has 0 saturated heterocycles. The minimum Gasteiger partial charge on any atom is -0.493 e. The first kappa shape index (κ1) is 16.1. The van der Waals surface area contributed by atoms with Gasteiger partial charge in [0.25, 0.3) is 5.91 Å². The summed E-state index contributed by atoms with van der Waals surface area (Å²) in [6.45, 7) is 2.66. The summed E-state index contributed by atoms with van der Waals surface area (Å²) in [6.07, 6.45) is 4.84. The molecule has 0 aromatic heterocycles. The van der Waals surface area contributed by atoms with E-state index in [2.05, 4.69) is 6.07 Å². The highest BCUT2D eigenvalue weighted by Gasteiger charge is 2.24. The van der Waals surface area contributed by atoms with Gasteiger partial charge in [-0.2, -0.15) is 0 Å². The third-order valence-electron chi connectivity index (χ3n) is 4.09. The molecule has 0 fully saturated rings. The van der Waals surface area contributed by atoms with E-state index in [0.29, 0.717) is 18.0 Å². The van der Waals surface area contributed by atoms with E-state index in [-0.39, 0.29) is 12.5 Å². The Hall–Kier alpha value is -2.75. The van der Waals surface area contributed by atoms with Gasteiger partial charge in [-0.05, 0) is 42.7 Å². The molecule has 24 heavy (non-hydrogen) atoms. The second-order valence-corrected chi connectivity index (χ2v) is 5.62. The van der Waals surface area contributed by atoms with Crippen LogP contribution >= 0.6 is 0 Å². The number of hydrogen-bond donors (Lipinski definition) is 0. The van der Waals surface area contributed by atoms with Gasteiger partial charge in [-0.25, -0.2) is 0 Å². The summed E-state index contributed by atoms with van der Waals surface area (Å²) in [5, 5.41) is 0. The summed E-state index contributed by atoms with van der Waals surface area (Å²) < 4.78 is 11.1. The van der Waals surface area contributed by atoms with Gasteiger partial charge in [-0.15, -0.1) is 0 Å². The Morgan fingerprint density at radius 3 is 2.83 bits per heavy atom. The number of anilines is 1. The fourth-order valence-electron chi connectivity index (χ4n) is 2.91. The number of nitrogens with zero attached hydrogens (tertiary/aromatic N) is 1. The predicted molar refractivity (Wildman–Crippen MR) is 95.7 cm³/mol. The Labute approximate surface area is 142 Å². The second kappa shape index (κ2) is 7.21. The van der Waals surface area contributed by atoms with Gasteiger partial charge < -0.3 is 14.4 Å². The van der Waals surface area contributed by atoms with E-state index in [4.69, 9.17) is 9.47 Å². The van der Waals surface area contributed by atoms with E-state index < -0.39 is 0 Å². The van der Waals surface area contributed by atoms with Gasteiger partial charge in [-0.1, -0.05) is 36.4 Å². The van der Waals surface area contributed by atoms with Crippen LogP contribution < -0.4 is 14.4 Å². The van der Waals surface area contributed by atoms with Crippen molar-refractivity contribution in [3.8, 4) is 11.5 Å². The topological polar surface area (TPSA) is 38.8 Å². The maximum absolute atomic E-state index is 12.5. The highest BCUT2D eigenvalue weighted by Crippen LogP contribution is 2.30. The van der Waals surface area contributed by atoms with E-state index in [1.54, 1.807) is 12.0 Å². The van der Waals surface area contributed by atoms with Crippen LogP contribution in [0.5, 0.6) is 11.5 Å². The van der Waals surface area contributed by atoms with E-state index in [1.807, 2.05) is 55.5 Å². The number of benzene rings is 2. The van der Waals surface area contributed by atoms with Crippen molar-refractivity contribution < 1.29 is 14.3 Å². The van der Waals surface area contributed by atoms with E-state index >= 15 is 0 Å². The lowest BCUT2D eigenvalue weighted by molar-refractivity contribution is -0.120. The van der Waals surface area contributed by atoms with Crippen molar-refractivity contribution in [1.82, 2.24) is 0 Å². The molecule has 0 unspecified atom stereocenters. The van der Waals surface area contributed by atoms with Crippen molar-refractivity contribution in [2.45, 2.75) is 13.3 Å². The number of rotatable bonds is 5. The lowest BCUT2D eigenvalue weighted by Crippen LogP contribution is -2.33. The molecule has 0 atom stereocenters. The highest BCUT2D eigenvalue weighted by molar-refractivity contribution is 5.96. The zero-order chi connectivity index (χ0) is 16.9. The monoisotopic (exact) mass is 323 g/mol. The number of carbonyl (C=O) groups excluding carboxylic acids is 1. The van der Waals surface area contributed by atoms with E-state index in [1.165, 1.54) is 5.56 Å². The average Bonchev–Trinajstić information content (AvgIpc) is 3.04. The van der Waals surface area contributed by atoms with E-state index in [0.717, 1.165) is 17.7 Å². The third kappa shape index (κ3) is 3.27. The van der Waals surface area contributed by atoms with Crippen LogP contribution in [0.3, 0.4) is 0 Å². The molecule has 0 N–H and O–H groups in total. The lowest BCUT2D eigenvalue weighted by Gasteiger charge is -2.18. The number of amides is 1. The van der Waals surface area contributed by atoms with Crippen LogP contribution in [-0.4, -0.2) is 26.2 Å². The molecule has 0 radical (unpaired) electrons. The van der Waals surface area contributed by atoms with Crippen molar-refractivity contribution in [2.24, 2.45) is 0 Å². The first-order valence-corrected chi connectivity index (χ1v) is 8.04. The summed E-state index contributed by atoms with van der Waals surface area (Å²) in [5.41, 5.74) is 3.22. The molecule has 3 rings (SSSR count). The largest absolute Gasteiger partial charge is 0.493 e. The normalized spacial score (nSPS) is 13.2. The standard InChI is InChI=1S/C20H21NO3/c1-3-6-15-9-10-18(19(13-15)23-2)24-14-20(22)21-12-11-16-7-4-5-8-17(16)21/h3-10,13H,11-12,14H2,1-2H3/b6-3+. The van der Waals surface area contributed by atoms with Crippen LogP contribution in [0.4, 0.5) is 5.69 Å². The smallest absolute Gasteiger partial charge is 0.264 e. The molecule has 1 aliphatic heterocycles. The average molecular weight is 323 g/mol. The van der Waals surface area contributed by atoms with Gasteiger partial charge in [0.05, 0.1) is 7.11 Å². The van der Waals surface area contributed by atoms with Gasteiger partial charge in [0.1, 0.15) is 0 Å². The molecular formula is C20H21NO3. The van der Waals surface area contributed by atoms with Crippen LogP contribution in [-0.2, 0) is 11.2 Å². The fourth-order valence-corrected chi connectivity index (χ4v) is 2.91. The summed E-state index contributed by atoms with van der Waals surface area (Å²) in [7, 11) is 1.60. The molecule has 4 nitrogen and oxygen atoms in total. The molecule has 1 aliphatic rings. The van der Waals surface area contributed by atoms with Crippen LogP contribution in [0.2, 0.25) is 0 Å². The Balaban J connectivity index is 1.69. The Morgan fingerprint density at radius 1 is 1.21 bits per heavy atom. The van der Waals surface area contributed by atoms with Crippen LogP contribution in [0, 0.1) is 0 Å². The van der Waals surface area contributed by atoms with Crippen molar-refractivity contribution in [3.05, 3.63) is 59.7 Å². The number of para-hydroxylation sites is 1. The minimum atomic E-state index is -0.0421. The second-order valence-electron chi connectivity index (χ2n) is 5.62. The zero-order valence-electron chi connectivity index (χ0n) is 14.0. The molecule has 2 aromatic carbocycles. The highest BCUT2D eigenvalue weighted by atomic mass is 16.5. The molecule has 0 aliphatic carbocycles. The first-order chi connectivity index (χ1) is 11.7. The number of hydrogen-bond acceptors (Lipinski definition) is 3. The maximum atomic E-state index is 12.5. The number of carbonyl (C=O) groups is 1. The Bertz CT molecular complexity index is 767. The Morgan fingerprint density at radius 2 is 2.04 bits per heavy atom. The van der Waals surface area contributed by atoms with Crippen molar-refractivity contribution in [2.75, 3.05) is 25.2 Å². The predicted octanol–water partition coefficient (Wildman–Crippen LogP) is 3.70. The van der Waals surface area contributed by atoms with Gasteiger partial charge >= 0.3 is 0 Å². The molecule has 0 spiro atoms. The fraction of sp³-hybridized carbons (Fsp3) is 0.250. The van der Waals surface area contributed by atoms with Crippen molar-refractivity contribution in [3.63, 3.8) is 0 Å². The van der Waals surface area contributed by atoms with Gasteiger partial charge in [0, 0.05) is 12.2 Å². The zero-order valence-corrected chi connectivity index (χ0v) is 14.0. The summed E-state index contributed by atoms with van der Waals surface area (Å²) in [6, 6.07) is 13.7. The number of methoxy groups -OCH3 is 1. The number of allylic oxidation sites excluding steroid dienone is 1. The quantitative estimate of drug-likeness (QED) is 0.842. The van der Waals surface area contributed by atoms with Gasteiger partial charge in [-0.3, -0.25) is 4.79 Å². The molecule has 2 aromatic rings. The molecule has 0 bridgehead atoms. The number of ether oxygens (including phenoxy) is 2. The van der Waals surface area contributed by atoms with Crippen LogP contribution in [0.1, 0.15) is 18.1 Å². The summed E-state index contributed by atoms with van der Waals surface area (Å²) in [4.78, 5) is 14.3. The van der Waals surface area contributed by atoms with Crippen molar-refractivity contribution >= 4 is 17.7 Å². The summed E-state index contributed by atoms with van der Waals surface area (Å²) in [5.74, 6) is 1.16. The molecule has 124 valence electrons. The third-order valence-corrected chi connectivity index (χ3v) is 4.09. The first-order valence-electron chi connectivity index (χ1n) is 8.04. The molecular weight excluding hydrogens is 302 g/mol. The van der Waals surface area contributed by atoms with Crippen LogP contribution in [0.15, 0.2) is 48.5 Å². The number of fused-ring (bicyclic) bond motifs is 1. The molecule has 1 heterocycles.